The predicted octanol–water partition coefficient (Wildman–Crippen LogP) is 3.15. The summed E-state index contributed by atoms with van der Waals surface area (Å²) >= 11 is 0. The molecular weight excluding hydrogens is 231 g/mol. The van der Waals surface area contributed by atoms with Crippen LogP contribution in [0.25, 0.3) is 0 Å². The Kier molecular flexibility index (Phi) is 6.65. The van der Waals surface area contributed by atoms with Crippen molar-refractivity contribution in [1.29, 1.82) is 0 Å². The third-order valence-corrected chi connectivity index (χ3v) is 2.57. The number of nitrogens with zero attached hydrogens (tertiary/aromatic N) is 1. The summed E-state index contributed by atoms with van der Waals surface area (Å²) in [6.45, 7) is 8.50. The molecule has 102 valence electrons. The van der Waals surface area contributed by atoms with Crippen molar-refractivity contribution in [2.45, 2.75) is 40.2 Å². The van der Waals surface area contributed by atoms with Gasteiger partial charge in [0, 0.05) is 12.1 Å². The molecule has 0 unspecified atom stereocenters. The Morgan fingerprint density at radius 1 is 1.44 bits per heavy atom. The van der Waals surface area contributed by atoms with Crippen molar-refractivity contribution in [3.63, 3.8) is 0 Å². The second-order valence-corrected chi connectivity index (χ2v) is 4.83. The van der Waals surface area contributed by atoms with Gasteiger partial charge in [0.05, 0.1) is 12.8 Å². The minimum absolute atomic E-state index is 0.320. The lowest BCUT2D eigenvalue weighted by atomic mass is 10.1. The SMILES string of the molecule is CCCNCc1cc(F)cnc1OCCC(C)C. The molecule has 4 heteroatoms. The van der Waals surface area contributed by atoms with Gasteiger partial charge in [-0.2, -0.15) is 0 Å². The second-order valence-electron chi connectivity index (χ2n) is 4.83. The second kappa shape index (κ2) is 8.03. The summed E-state index contributed by atoms with van der Waals surface area (Å²) < 4.78 is 18.8. The molecule has 0 amide bonds. The van der Waals surface area contributed by atoms with Crippen molar-refractivity contribution in [2.75, 3.05) is 13.2 Å². The first-order chi connectivity index (χ1) is 8.63. The van der Waals surface area contributed by atoms with Gasteiger partial charge in [0.15, 0.2) is 0 Å². The minimum atomic E-state index is -0.320. The van der Waals surface area contributed by atoms with Crippen LogP contribution in [-0.2, 0) is 6.54 Å². The molecule has 0 spiro atoms. The van der Waals surface area contributed by atoms with Crippen LogP contribution in [0.15, 0.2) is 12.3 Å². The standard InChI is InChI=1S/C14H23FN2O/c1-4-6-16-9-12-8-13(15)10-17-14(12)18-7-5-11(2)3/h8,10-11,16H,4-7,9H2,1-3H3. The van der Waals surface area contributed by atoms with Crippen LogP contribution >= 0.6 is 0 Å². The highest BCUT2D eigenvalue weighted by Crippen LogP contribution is 2.16. The van der Waals surface area contributed by atoms with Gasteiger partial charge in [-0.3, -0.25) is 0 Å². The quantitative estimate of drug-likeness (QED) is 0.724. The fraction of sp³-hybridized carbons (Fsp3) is 0.643. The van der Waals surface area contributed by atoms with E-state index >= 15 is 0 Å². The molecule has 3 nitrogen and oxygen atoms in total. The average molecular weight is 254 g/mol. The molecule has 0 atom stereocenters. The van der Waals surface area contributed by atoms with E-state index in [-0.39, 0.29) is 5.82 Å². The predicted molar refractivity (Wildman–Crippen MR) is 71.1 cm³/mol. The van der Waals surface area contributed by atoms with Gasteiger partial charge >= 0.3 is 0 Å². The first kappa shape index (κ1) is 14.9. The summed E-state index contributed by atoms with van der Waals surface area (Å²) in [5, 5.41) is 3.23. The fourth-order valence-electron chi connectivity index (χ4n) is 1.52. The van der Waals surface area contributed by atoms with Crippen molar-refractivity contribution in [1.82, 2.24) is 10.3 Å². The smallest absolute Gasteiger partial charge is 0.218 e. The summed E-state index contributed by atoms with van der Waals surface area (Å²) in [5.41, 5.74) is 0.784. The molecule has 0 aliphatic rings. The van der Waals surface area contributed by atoms with Crippen LogP contribution in [0.3, 0.4) is 0 Å². The molecule has 0 aliphatic carbocycles. The van der Waals surface area contributed by atoms with Gasteiger partial charge in [0.1, 0.15) is 5.82 Å². The third kappa shape index (κ3) is 5.45. The number of hydrogen-bond acceptors (Lipinski definition) is 3. The van der Waals surface area contributed by atoms with Crippen LogP contribution in [-0.4, -0.2) is 18.1 Å². The molecule has 0 fully saturated rings. The molecule has 0 saturated carbocycles. The first-order valence-corrected chi connectivity index (χ1v) is 6.61. The number of halogens is 1. The number of ether oxygens (including phenoxy) is 1. The first-order valence-electron chi connectivity index (χ1n) is 6.61. The van der Waals surface area contributed by atoms with E-state index < -0.39 is 0 Å². The highest BCUT2D eigenvalue weighted by Gasteiger charge is 2.07. The van der Waals surface area contributed by atoms with Crippen molar-refractivity contribution in [3.05, 3.63) is 23.6 Å². The van der Waals surface area contributed by atoms with Crippen LogP contribution in [0.5, 0.6) is 5.88 Å². The largest absolute Gasteiger partial charge is 0.477 e. The molecule has 0 aliphatic heterocycles. The Morgan fingerprint density at radius 3 is 2.89 bits per heavy atom. The van der Waals surface area contributed by atoms with E-state index in [1.807, 2.05) is 0 Å². The monoisotopic (exact) mass is 254 g/mol. The van der Waals surface area contributed by atoms with Gasteiger partial charge in [0.25, 0.3) is 0 Å². The Hall–Kier alpha value is -1.16. The van der Waals surface area contributed by atoms with Crippen LogP contribution in [0.1, 0.15) is 39.2 Å². The van der Waals surface area contributed by atoms with E-state index in [9.17, 15) is 4.39 Å². The van der Waals surface area contributed by atoms with E-state index in [1.54, 1.807) is 0 Å². The Morgan fingerprint density at radius 2 is 2.22 bits per heavy atom. The highest BCUT2D eigenvalue weighted by molar-refractivity contribution is 5.26. The minimum Gasteiger partial charge on any atom is -0.477 e. The summed E-state index contributed by atoms with van der Waals surface area (Å²) in [6, 6.07) is 1.49. The van der Waals surface area contributed by atoms with Gasteiger partial charge in [-0.25, -0.2) is 9.37 Å². The highest BCUT2D eigenvalue weighted by atomic mass is 19.1. The van der Waals surface area contributed by atoms with Crippen LogP contribution in [0.4, 0.5) is 4.39 Å². The summed E-state index contributed by atoms with van der Waals surface area (Å²) in [4.78, 5) is 4.02. The van der Waals surface area contributed by atoms with E-state index in [0.717, 1.165) is 24.9 Å². The van der Waals surface area contributed by atoms with E-state index in [4.69, 9.17) is 4.74 Å². The number of aromatic nitrogens is 1. The lowest BCUT2D eigenvalue weighted by Crippen LogP contribution is -2.15. The lowest BCUT2D eigenvalue weighted by Gasteiger charge is -2.12. The summed E-state index contributed by atoms with van der Waals surface area (Å²) in [7, 11) is 0. The zero-order chi connectivity index (χ0) is 13.4. The zero-order valence-electron chi connectivity index (χ0n) is 11.5. The molecule has 1 N–H and O–H groups in total. The maximum Gasteiger partial charge on any atom is 0.218 e. The van der Waals surface area contributed by atoms with E-state index in [1.165, 1.54) is 12.3 Å². The maximum absolute atomic E-state index is 13.2. The van der Waals surface area contributed by atoms with Crippen LogP contribution < -0.4 is 10.1 Å². The molecule has 0 saturated heterocycles. The normalized spacial score (nSPS) is 10.9. The molecule has 1 aromatic heterocycles. The van der Waals surface area contributed by atoms with E-state index in [0.29, 0.717) is 24.9 Å². The van der Waals surface area contributed by atoms with Crippen molar-refractivity contribution < 1.29 is 9.13 Å². The number of rotatable bonds is 8. The zero-order valence-corrected chi connectivity index (χ0v) is 11.5. The van der Waals surface area contributed by atoms with Crippen molar-refractivity contribution >= 4 is 0 Å². The summed E-state index contributed by atoms with van der Waals surface area (Å²) in [5.74, 6) is 0.812. The Bertz CT molecular complexity index is 356. The molecule has 18 heavy (non-hydrogen) atoms. The maximum atomic E-state index is 13.2. The van der Waals surface area contributed by atoms with Gasteiger partial charge < -0.3 is 10.1 Å². The van der Waals surface area contributed by atoms with Gasteiger partial charge in [-0.15, -0.1) is 0 Å². The van der Waals surface area contributed by atoms with Crippen LogP contribution in [0, 0.1) is 11.7 Å². The molecular formula is C14H23FN2O. The molecule has 1 aromatic rings. The van der Waals surface area contributed by atoms with Crippen LogP contribution in [0.2, 0.25) is 0 Å². The van der Waals surface area contributed by atoms with Gasteiger partial charge in [0.2, 0.25) is 5.88 Å². The third-order valence-electron chi connectivity index (χ3n) is 2.57. The Balaban J connectivity index is 2.58. The molecule has 1 heterocycles. The van der Waals surface area contributed by atoms with Gasteiger partial charge in [-0.05, 0) is 31.4 Å². The average Bonchev–Trinajstić information content (AvgIpc) is 2.32. The van der Waals surface area contributed by atoms with Crippen molar-refractivity contribution in [2.24, 2.45) is 5.92 Å². The lowest BCUT2D eigenvalue weighted by molar-refractivity contribution is 0.275. The fourth-order valence-corrected chi connectivity index (χ4v) is 1.52. The summed E-state index contributed by atoms with van der Waals surface area (Å²) in [6.07, 6.45) is 3.22. The molecule has 0 bridgehead atoms. The molecule has 0 aromatic carbocycles. The number of nitrogens with one attached hydrogen (secondary N) is 1. The van der Waals surface area contributed by atoms with Gasteiger partial charge in [-0.1, -0.05) is 20.8 Å². The number of hydrogen-bond donors (Lipinski definition) is 1. The Labute approximate surface area is 109 Å². The topological polar surface area (TPSA) is 34.2 Å². The molecule has 1 rings (SSSR count). The van der Waals surface area contributed by atoms with E-state index in [2.05, 4.69) is 31.1 Å². The number of pyridine rings is 1. The molecule has 0 radical (unpaired) electrons. The van der Waals surface area contributed by atoms with Crippen molar-refractivity contribution in [3.8, 4) is 5.88 Å².